The first kappa shape index (κ1) is 10.1. The SMILES string of the molecule is CNCCC#Cc1[nH]nc(N)c1C#N. The standard InChI is InChI=1S/C9H11N5/c1-12-5-3-2-4-8-7(6-10)9(11)14-13-8/h12H,3,5H2,1H3,(H3,11,13,14). The molecule has 0 atom stereocenters. The van der Waals surface area contributed by atoms with Crippen LogP contribution in [-0.4, -0.2) is 23.8 Å². The number of nitrogens with zero attached hydrogens (tertiary/aromatic N) is 2. The van der Waals surface area contributed by atoms with Crippen molar-refractivity contribution in [1.82, 2.24) is 15.5 Å². The summed E-state index contributed by atoms with van der Waals surface area (Å²) in [6, 6.07) is 1.95. The van der Waals surface area contributed by atoms with Crippen LogP contribution in [0.5, 0.6) is 0 Å². The highest BCUT2D eigenvalue weighted by atomic mass is 15.2. The Kier molecular flexibility index (Phi) is 3.54. The Balaban J connectivity index is 2.75. The Morgan fingerprint density at radius 2 is 2.43 bits per heavy atom. The number of H-pyrrole nitrogens is 1. The molecule has 0 unspecified atom stereocenters. The third-order valence-electron chi connectivity index (χ3n) is 1.62. The summed E-state index contributed by atoms with van der Waals surface area (Å²) >= 11 is 0. The fraction of sp³-hybridized carbons (Fsp3) is 0.333. The number of nitrogen functional groups attached to an aromatic ring is 1. The van der Waals surface area contributed by atoms with Crippen molar-refractivity contribution in [1.29, 1.82) is 5.26 Å². The van der Waals surface area contributed by atoms with Crippen molar-refractivity contribution in [3.8, 4) is 17.9 Å². The number of nitrogens with one attached hydrogen (secondary N) is 2. The topological polar surface area (TPSA) is 90.5 Å². The lowest BCUT2D eigenvalue weighted by atomic mass is 10.2. The van der Waals surface area contributed by atoms with E-state index in [2.05, 4.69) is 27.4 Å². The molecular formula is C9H11N5. The molecule has 0 radical (unpaired) electrons. The predicted octanol–water partition coefficient (Wildman–Crippen LogP) is -0.175. The molecule has 1 aromatic heterocycles. The van der Waals surface area contributed by atoms with E-state index in [1.165, 1.54) is 0 Å². The highest BCUT2D eigenvalue weighted by molar-refractivity contribution is 5.55. The number of nitriles is 1. The number of rotatable bonds is 2. The predicted molar refractivity (Wildman–Crippen MR) is 53.1 cm³/mol. The van der Waals surface area contributed by atoms with Gasteiger partial charge < -0.3 is 11.1 Å². The maximum atomic E-state index is 8.72. The van der Waals surface area contributed by atoms with Crippen molar-refractivity contribution in [2.75, 3.05) is 19.3 Å². The fourth-order valence-electron chi connectivity index (χ4n) is 0.898. The first-order chi connectivity index (χ1) is 6.79. The van der Waals surface area contributed by atoms with Gasteiger partial charge in [0.05, 0.1) is 0 Å². The summed E-state index contributed by atoms with van der Waals surface area (Å²) in [5.41, 5.74) is 6.25. The third-order valence-corrected chi connectivity index (χ3v) is 1.62. The van der Waals surface area contributed by atoms with E-state index in [4.69, 9.17) is 11.0 Å². The quantitative estimate of drug-likeness (QED) is 0.445. The molecule has 1 heterocycles. The number of aromatic nitrogens is 2. The second-order valence-electron chi connectivity index (χ2n) is 2.63. The lowest BCUT2D eigenvalue weighted by Gasteiger charge is -1.87. The molecule has 0 saturated carbocycles. The van der Waals surface area contributed by atoms with Gasteiger partial charge in [-0.1, -0.05) is 5.92 Å². The summed E-state index contributed by atoms with van der Waals surface area (Å²) < 4.78 is 0. The van der Waals surface area contributed by atoms with Crippen LogP contribution in [-0.2, 0) is 0 Å². The van der Waals surface area contributed by atoms with Crippen molar-refractivity contribution >= 4 is 5.82 Å². The van der Waals surface area contributed by atoms with Gasteiger partial charge in [-0.3, -0.25) is 5.10 Å². The van der Waals surface area contributed by atoms with E-state index in [9.17, 15) is 0 Å². The summed E-state index contributed by atoms with van der Waals surface area (Å²) in [4.78, 5) is 0. The Morgan fingerprint density at radius 3 is 3.07 bits per heavy atom. The van der Waals surface area contributed by atoms with Crippen molar-refractivity contribution < 1.29 is 0 Å². The van der Waals surface area contributed by atoms with E-state index >= 15 is 0 Å². The lowest BCUT2D eigenvalue weighted by Crippen LogP contribution is -2.05. The Morgan fingerprint density at radius 1 is 1.64 bits per heavy atom. The molecule has 0 aliphatic heterocycles. The van der Waals surface area contributed by atoms with E-state index in [0.717, 1.165) is 13.0 Å². The van der Waals surface area contributed by atoms with Crippen molar-refractivity contribution in [2.45, 2.75) is 6.42 Å². The monoisotopic (exact) mass is 189 g/mol. The van der Waals surface area contributed by atoms with Crippen LogP contribution in [0.15, 0.2) is 0 Å². The number of aromatic amines is 1. The van der Waals surface area contributed by atoms with Crippen LogP contribution in [0.2, 0.25) is 0 Å². The van der Waals surface area contributed by atoms with Crippen LogP contribution in [0.3, 0.4) is 0 Å². The van der Waals surface area contributed by atoms with E-state index in [0.29, 0.717) is 11.3 Å². The zero-order valence-electron chi connectivity index (χ0n) is 7.89. The summed E-state index contributed by atoms with van der Waals surface area (Å²) in [5.74, 6) is 5.91. The van der Waals surface area contributed by atoms with Crippen molar-refractivity contribution in [3.05, 3.63) is 11.3 Å². The molecule has 0 aliphatic carbocycles. The molecule has 5 nitrogen and oxygen atoms in total. The van der Waals surface area contributed by atoms with Gasteiger partial charge in [-0.2, -0.15) is 10.4 Å². The summed E-state index contributed by atoms with van der Waals surface area (Å²) in [5, 5.41) is 18.0. The molecule has 72 valence electrons. The second-order valence-corrected chi connectivity index (χ2v) is 2.63. The Labute approximate surface area is 82.3 Å². The molecule has 0 spiro atoms. The lowest BCUT2D eigenvalue weighted by molar-refractivity contribution is 0.818. The van der Waals surface area contributed by atoms with Crippen molar-refractivity contribution in [3.63, 3.8) is 0 Å². The zero-order valence-corrected chi connectivity index (χ0v) is 7.89. The number of hydrogen-bond acceptors (Lipinski definition) is 4. The maximum Gasteiger partial charge on any atom is 0.164 e. The van der Waals surface area contributed by atoms with Crippen LogP contribution in [0.4, 0.5) is 5.82 Å². The minimum atomic E-state index is 0.199. The zero-order chi connectivity index (χ0) is 10.4. The van der Waals surface area contributed by atoms with E-state index < -0.39 is 0 Å². The number of anilines is 1. The average Bonchev–Trinajstić information content (AvgIpc) is 2.54. The third kappa shape index (κ3) is 2.25. The summed E-state index contributed by atoms with van der Waals surface area (Å²) in [6.45, 7) is 0.818. The molecule has 1 rings (SSSR count). The molecule has 14 heavy (non-hydrogen) atoms. The summed E-state index contributed by atoms with van der Waals surface area (Å²) in [6.07, 6.45) is 0.723. The van der Waals surface area contributed by atoms with E-state index in [1.54, 1.807) is 0 Å². The molecule has 0 saturated heterocycles. The Hall–Kier alpha value is -1.98. The van der Waals surface area contributed by atoms with Gasteiger partial charge in [0.1, 0.15) is 17.3 Å². The van der Waals surface area contributed by atoms with E-state index in [1.807, 2.05) is 13.1 Å². The minimum absolute atomic E-state index is 0.199. The second kappa shape index (κ2) is 4.90. The smallest absolute Gasteiger partial charge is 0.164 e. The molecule has 5 heteroatoms. The highest BCUT2D eigenvalue weighted by Crippen LogP contribution is 2.09. The largest absolute Gasteiger partial charge is 0.381 e. The van der Waals surface area contributed by atoms with Crippen LogP contribution in [0.1, 0.15) is 17.7 Å². The van der Waals surface area contributed by atoms with Gasteiger partial charge in [0.25, 0.3) is 0 Å². The molecule has 0 fully saturated rings. The molecule has 0 aliphatic rings. The average molecular weight is 189 g/mol. The van der Waals surface area contributed by atoms with Gasteiger partial charge in [0.15, 0.2) is 5.82 Å². The molecule has 1 aromatic rings. The van der Waals surface area contributed by atoms with Gasteiger partial charge in [0, 0.05) is 13.0 Å². The van der Waals surface area contributed by atoms with Crippen molar-refractivity contribution in [2.24, 2.45) is 0 Å². The van der Waals surface area contributed by atoms with Crippen LogP contribution in [0, 0.1) is 23.2 Å². The molecule has 0 bridgehead atoms. The maximum absolute atomic E-state index is 8.72. The number of nitrogens with two attached hydrogens (primary N) is 1. The Bertz CT molecular complexity index is 401. The van der Waals surface area contributed by atoms with Gasteiger partial charge in [-0.15, -0.1) is 0 Å². The van der Waals surface area contributed by atoms with Gasteiger partial charge >= 0.3 is 0 Å². The minimum Gasteiger partial charge on any atom is -0.381 e. The molecule has 0 amide bonds. The van der Waals surface area contributed by atoms with Gasteiger partial charge in [-0.05, 0) is 13.0 Å². The van der Waals surface area contributed by atoms with Gasteiger partial charge in [-0.25, -0.2) is 0 Å². The van der Waals surface area contributed by atoms with Crippen LogP contribution >= 0.6 is 0 Å². The summed E-state index contributed by atoms with van der Waals surface area (Å²) in [7, 11) is 1.86. The molecular weight excluding hydrogens is 178 g/mol. The first-order valence-electron chi connectivity index (χ1n) is 4.17. The van der Waals surface area contributed by atoms with E-state index in [-0.39, 0.29) is 5.82 Å². The fourth-order valence-corrected chi connectivity index (χ4v) is 0.898. The number of hydrogen-bond donors (Lipinski definition) is 3. The highest BCUT2D eigenvalue weighted by Gasteiger charge is 2.06. The molecule has 4 N–H and O–H groups in total. The van der Waals surface area contributed by atoms with Crippen LogP contribution in [0.25, 0.3) is 0 Å². The first-order valence-corrected chi connectivity index (χ1v) is 4.17. The molecule has 0 aromatic carbocycles. The van der Waals surface area contributed by atoms with Crippen LogP contribution < -0.4 is 11.1 Å². The van der Waals surface area contributed by atoms with Gasteiger partial charge in [0.2, 0.25) is 0 Å². The normalized spacial score (nSPS) is 8.86.